The van der Waals surface area contributed by atoms with E-state index in [1.54, 1.807) is 37.1 Å². The van der Waals surface area contributed by atoms with Crippen molar-refractivity contribution in [3.63, 3.8) is 0 Å². The topological polar surface area (TPSA) is 112 Å². The number of likely N-dealkylation sites (tertiary alicyclic amines) is 1. The van der Waals surface area contributed by atoms with Crippen LogP contribution in [0, 0.1) is 12.8 Å². The lowest BCUT2D eigenvalue weighted by Crippen LogP contribution is -2.43. The number of ether oxygens (including phenoxy) is 2. The van der Waals surface area contributed by atoms with E-state index in [4.69, 9.17) is 15.2 Å². The van der Waals surface area contributed by atoms with E-state index in [1.807, 2.05) is 6.07 Å². The molecule has 2 heterocycles. The van der Waals surface area contributed by atoms with Crippen molar-refractivity contribution in [1.29, 1.82) is 0 Å². The molecule has 1 aromatic carbocycles. The summed E-state index contributed by atoms with van der Waals surface area (Å²) < 4.78 is 10.4. The van der Waals surface area contributed by atoms with Crippen LogP contribution in [0.25, 0.3) is 10.9 Å². The van der Waals surface area contributed by atoms with E-state index in [-0.39, 0.29) is 24.3 Å². The molecule has 0 unspecified atom stereocenters. The summed E-state index contributed by atoms with van der Waals surface area (Å²) in [6.07, 6.45) is 1.06. The number of benzene rings is 1. The molecule has 1 aliphatic rings. The average molecular weight is 385 g/mol. The first-order valence-electron chi connectivity index (χ1n) is 9.08. The highest BCUT2D eigenvalue weighted by molar-refractivity contribution is 5.96. The highest BCUT2D eigenvalue weighted by Crippen LogP contribution is 2.22. The van der Waals surface area contributed by atoms with E-state index in [1.165, 1.54) is 0 Å². The number of nitrogens with zero attached hydrogens (tertiary/aromatic N) is 2. The minimum absolute atomic E-state index is 0.199. The second-order valence-corrected chi connectivity index (χ2v) is 6.81. The number of pyridine rings is 1. The van der Waals surface area contributed by atoms with Crippen molar-refractivity contribution in [2.75, 3.05) is 26.8 Å². The number of amides is 2. The zero-order valence-corrected chi connectivity index (χ0v) is 15.9. The Morgan fingerprint density at radius 2 is 1.93 bits per heavy atom. The van der Waals surface area contributed by atoms with Crippen LogP contribution in [0.4, 0.5) is 0 Å². The fourth-order valence-electron chi connectivity index (χ4n) is 3.29. The molecule has 3 rings (SSSR count). The van der Waals surface area contributed by atoms with Gasteiger partial charge < -0.3 is 20.1 Å². The van der Waals surface area contributed by atoms with Gasteiger partial charge in [0.2, 0.25) is 5.91 Å². The summed E-state index contributed by atoms with van der Waals surface area (Å²) in [6.45, 7) is 2.23. The molecule has 0 radical (unpaired) electrons. The number of hydrogen-bond acceptors (Lipinski definition) is 6. The SMILES string of the molecule is COc1ccc2nc(C)c(C(=O)OCC(=O)N3CCC(C(N)=O)CC3)cc2c1. The zero-order chi connectivity index (χ0) is 20.3. The second kappa shape index (κ2) is 8.24. The van der Waals surface area contributed by atoms with Crippen molar-refractivity contribution >= 4 is 28.7 Å². The van der Waals surface area contributed by atoms with Gasteiger partial charge in [-0.15, -0.1) is 0 Å². The molecule has 0 aliphatic carbocycles. The Morgan fingerprint density at radius 3 is 2.57 bits per heavy atom. The van der Waals surface area contributed by atoms with Gasteiger partial charge in [0.25, 0.3) is 5.91 Å². The molecule has 8 nitrogen and oxygen atoms in total. The van der Waals surface area contributed by atoms with Crippen LogP contribution in [-0.4, -0.2) is 54.5 Å². The van der Waals surface area contributed by atoms with Gasteiger partial charge in [-0.2, -0.15) is 0 Å². The lowest BCUT2D eigenvalue weighted by atomic mass is 9.96. The Kier molecular flexibility index (Phi) is 5.77. The normalized spacial score (nSPS) is 14.7. The number of primary amides is 1. The third-order valence-corrected chi connectivity index (χ3v) is 5.01. The number of aryl methyl sites for hydroxylation is 1. The number of rotatable bonds is 5. The van der Waals surface area contributed by atoms with Crippen molar-refractivity contribution in [3.8, 4) is 5.75 Å². The third kappa shape index (κ3) is 4.21. The predicted octanol–water partition coefficient (Wildman–Crippen LogP) is 1.43. The van der Waals surface area contributed by atoms with Crippen LogP contribution in [0.15, 0.2) is 24.3 Å². The Bertz CT molecular complexity index is 919. The van der Waals surface area contributed by atoms with Crippen LogP contribution >= 0.6 is 0 Å². The maximum Gasteiger partial charge on any atom is 0.340 e. The molecule has 0 bridgehead atoms. The Morgan fingerprint density at radius 1 is 1.21 bits per heavy atom. The quantitative estimate of drug-likeness (QED) is 0.780. The molecular formula is C20H23N3O5. The van der Waals surface area contributed by atoms with Crippen molar-refractivity contribution < 1.29 is 23.9 Å². The molecule has 8 heteroatoms. The highest BCUT2D eigenvalue weighted by atomic mass is 16.5. The van der Waals surface area contributed by atoms with E-state index >= 15 is 0 Å². The molecular weight excluding hydrogens is 362 g/mol. The van der Waals surface area contributed by atoms with Crippen molar-refractivity contribution in [1.82, 2.24) is 9.88 Å². The van der Waals surface area contributed by atoms with Crippen molar-refractivity contribution in [2.24, 2.45) is 11.7 Å². The van der Waals surface area contributed by atoms with Crippen LogP contribution in [0.1, 0.15) is 28.9 Å². The van der Waals surface area contributed by atoms with E-state index in [0.29, 0.717) is 42.9 Å². The molecule has 1 aliphatic heterocycles. The van der Waals surface area contributed by atoms with Gasteiger partial charge in [-0.3, -0.25) is 14.6 Å². The van der Waals surface area contributed by atoms with Gasteiger partial charge >= 0.3 is 5.97 Å². The van der Waals surface area contributed by atoms with Crippen molar-refractivity contribution in [3.05, 3.63) is 35.5 Å². The number of hydrogen-bond donors (Lipinski definition) is 1. The Balaban J connectivity index is 1.64. The average Bonchev–Trinajstić information content (AvgIpc) is 2.70. The summed E-state index contributed by atoms with van der Waals surface area (Å²) in [4.78, 5) is 42.0. The van der Waals surface area contributed by atoms with Gasteiger partial charge in [0.05, 0.1) is 23.9 Å². The van der Waals surface area contributed by atoms with Gasteiger partial charge in [-0.05, 0) is 44.0 Å². The largest absolute Gasteiger partial charge is 0.497 e. The van der Waals surface area contributed by atoms with Crippen LogP contribution in [0.2, 0.25) is 0 Å². The summed E-state index contributed by atoms with van der Waals surface area (Å²) in [6, 6.07) is 7.08. The number of carbonyl (C=O) groups excluding carboxylic acids is 3. The molecule has 0 spiro atoms. The summed E-state index contributed by atoms with van der Waals surface area (Å²) in [5.41, 5.74) is 6.87. The van der Waals surface area contributed by atoms with Crippen LogP contribution < -0.4 is 10.5 Å². The summed E-state index contributed by atoms with van der Waals surface area (Å²) in [5.74, 6) is -0.768. The van der Waals surface area contributed by atoms with E-state index < -0.39 is 5.97 Å². The summed E-state index contributed by atoms with van der Waals surface area (Å²) in [5, 5.41) is 0.747. The molecule has 2 N–H and O–H groups in total. The number of methoxy groups -OCH3 is 1. The fourth-order valence-corrected chi connectivity index (χ4v) is 3.29. The maximum atomic E-state index is 12.5. The number of fused-ring (bicyclic) bond motifs is 1. The Labute approximate surface area is 162 Å². The smallest absolute Gasteiger partial charge is 0.340 e. The lowest BCUT2D eigenvalue weighted by Gasteiger charge is -2.30. The van der Waals surface area contributed by atoms with Crippen LogP contribution in [-0.2, 0) is 14.3 Å². The predicted molar refractivity (Wildman–Crippen MR) is 102 cm³/mol. The van der Waals surface area contributed by atoms with Crippen molar-refractivity contribution in [2.45, 2.75) is 19.8 Å². The Hall–Kier alpha value is -3.16. The van der Waals surface area contributed by atoms with E-state index in [0.717, 1.165) is 10.9 Å². The summed E-state index contributed by atoms with van der Waals surface area (Å²) >= 11 is 0. The zero-order valence-electron chi connectivity index (χ0n) is 15.9. The monoisotopic (exact) mass is 385 g/mol. The first-order valence-corrected chi connectivity index (χ1v) is 9.08. The van der Waals surface area contributed by atoms with Crippen LogP contribution in [0.5, 0.6) is 5.75 Å². The highest BCUT2D eigenvalue weighted by Gasteiger charge is 2.26. The van der Waals surface area contributed by atoms with E-state index in [2.05, 4.69) is 4.98 Å². The molecule has 2 amide bonds. The fraction of sp³-hybridized carbons (Fsp3) is 0.400. The number of carbonyl (C=O) groups is 3. The minimum Gasteiger partial charge on any atom is -0.497 e. The number of aromatic nitrogens is 1. The first kappa shape index (κ1) is 19.6. The maximum absolute atomic E-state index is 12.5. The molecule has 28 heavy (non-hydrogen) atoms. The van der Waals surface area contributed by atoms with Gasteiger partial charge in [-0.1, -0.05) is 0 Å². The van der Waals surface area contributed by atoms with E-state index in [9.17, 15) is 14.4 Å². The molecule has 0 saturated carbocycles. The first-order chi connectivity index (χ1) is 13.4. The molecule has 1 fully saturated rings. The number of nitrogens with two attached hydrogens (primary N) is 1. The molecule has 2 aromatic rings. The van der Waals surface area contributed by atoms with Gasteiger partial charge in [-0.25, -0.2) is 4.79 Å². The molecule has 1 aromatic heterocycles. The molecule has 1 saturated heterocycles. The van der Waals surface area contributed by atoms with Gasteiger partial charge in [0.1, 0.15) is 5.75 Å². The van der Waals surface area contributed by atoms with Crippen LogP contribution in [0.3, 0.4) is 0 Å². The number of esters is 1. The van der Waals surface area contributed by atoms with Gasteiger partial charge in [0.15, 0.2) is 6.61 Å². The van der Waals surface area contributed by atoms with Gasteiger partial charge in [0, 0.05) is 24.4 Å². The standard InChI is InChI=1S/C20H23N3O5/c1-12-16(10-14-9-15(27-2)3-4-17(14)22-12)20(26)28-11-18(24)23-7-5-13(6-8-23)19(21)25/h3-4,9-10,13H,5-8,11H2,1-2H3,(H2,21,25). The molecule has 0 atom stereocenters. The molecule has 148 valence electrons. The number of piperidine rings is 1. The third-order valence-electron chi connectivity index (χ3n) is 5.01. The second-order valence-electron chi connectivity index (χ2n) is 6.81. The lowest BCUT2D eigenvalue weighted by molar-refractivity contribution is -0.137. The summed E-state index contributed by atoms with van der Waals surface area (Å²) in [7, 11) is 1.57. The minimum atomic E-state index is -0.602.